The zero-order chi connectivity index (χ0) is 20.6. The summed E-state index contributed by atoms with van der Waals surface area (Å²) in [6.07, 6.45) is 3.16. The second kappa shape index (κ2) is 9.84. The lowest BCUT2D eigenvalue weighted by molar-refractivity contribution is -0.119. The number of amides is 2. The molecule has 1 aromatic heterocycles. The van der Waals surface area contributed by atoms with Gasteiger partial charge in [-0.3, -0.25) is 9.59 Å². The van der Waals surface area contributed by atoms with Crippen LogP contribution in [0.4, 0.5) is 5.69 Å². The Balaban J connectivity index is 1.67. The summed E-state index contributed by atoms with van der Waals surface area (Å²) in [4.78, 5) is 34.0. The van der Waals surface area contributed by atoms with Crippen molar-refractivity contribution in [2.75, 3.05) is 11.1 Å². The van der Waals surface area contributed by atoms with Crippen LogP contribution in [0.25, 0.3) is 11.4 Å². The third kappa shape index (κ3) is 5.89. The molecule has 0 bridgehead atoms. The van der Waals surface area contributed by atoms with Crippen molar-refractivity contribution >= 4 is 29.3 Å². The van der Waals surface area contributed by atoms with Crippen molar-refractivity contribution in [3.63, 3.8) is 0 Å². The Labute approximate surface area is 174 Å². The van der Waals surface area contributed by atoms with Gasteiger partial charge >= 0.3 is 0 Å². The average molecular weight is 407 g/mol. The second-order valence-electron chi connectivity index (χ2n) is 6.62. The van der Waals surface area contributed by atoms with Gasteiger partial charge in [-0.1, -0.05) is 42.5 Å². The fraction of sp³-hybridized carbons (Fsp3) is 0.182. The third-order valence-electron chi connectivity index (χ3n) is 3.88. The van der Waals surface area contributed by atoms with Crippen molar-refractivity contribution < 1.29 is 9.59 Å². The molecule has 2 aromatic carbocycles. The Morgan fingerprint density at radius 3 is 2.31 bits per heavy atom. The molecular weight excluding hydrogens is 384 g/mol. The lowest BCUT2D eigenvalue weighted by atomic mass is 10.2. The van der Waals surface area contributed by atoms with Gasteiger partial charge in [0.1, 0.15) is 0 Å². The molecule has 0 aliphatic rings. The highest BCUT2D eigenvalue weighted by molar-refractivity contribution is 8.00. The highest BCUT2D eigenvalue weighted by atomic mass is 32.2. The first-order chi connectivity index (χ1) is 14.0. The van der Waals surface area contributed by atoms with Gasteiger partial charge in [0.2, 0.25) is 5.91 Å². The molecule has 0 atom stereocenters. The van der Waals surface area contributed by atoms with Crippen LogP contribution >= 0.6 is 11.8 Å². The van der Waals surface area contributed by atoms with Gasteiger partial charge in [-0.25, -0.2) is 9.97 Å². The molecular formula is C22H22N4O2S. The zero-order valence-corrected chi connectivity index (χ0v) is 17.1. The van der Waals surface area contributed by atoms with Gasteiger partial charge in [0.05, 0.1) is 29.4 Å². The van der Waals surface area contributed by atoms with E-state index in [4.69, 9.17) is 0 Å². The third-order valence-corrected chi connectivity index (χ3v) is 4.96. The minimum absolute atomic E-state index is 0.0647. The maximum absolute atomic E-state index is 12.7. The Morgan fingerprint density at radius 1 is 0.966 bits per heavy atom. The largest absolute Gasteiger partial charge is 0.353 e. The first-order valence-electron chi connectivity index (χ1n) is 9.23. The molecule has 0 spiro atoms. The molecule has 29 heavy (non-hydrogen) atoms. The van der Waals surface area contributed by atoms with E-state index in [1.54, 1.807) is 24.5 Å². The summed E-state index contributed by atoms with van der Waals surface area (Å²) in [5.74, 6) is 0.506. The number of nitrogens with zero attached hydrogens (tertiary/aromatic N) is 2. The van der Waals surface area contributed by atoms with Crippen molar-refractivity contribution in [3.8, 4) is 11.4 Å². The van der Waals surface area contributed by atoms with Crippen molar-refractivity contribution in [3.05, 3.63) is 72.6 Å². The van der Waals surface area contributed by atoms with Gasteiger partial charge in [0.15, 0.2) is 5.82 Å². The average Bonchev–Trinajstić information content (AvgIpc) is 2.73. The van der Waals surface area contributed by atoms with Crippen molar-refractivity contribution in [2.45, 2.75) is 24.8 Å². The standard InChI is InChI=1S/C22H22N4O2S/c1-15(2)25-20(27)14-29-19-11-7-6-10-18(19)22(28)26-17-12-23-21(24-13-17)16-8-4-3-5-9-16/h3-13,15H,14H2,1-2H3,(H,25,27)(H,26,28). The number of rotatable bonds is 7. The van der Waals surface area contributed by atoms with Crippen LogP contribution < -0.4 is 10.6 Å². The van der Waals surface area contributed by atoms with Crippen LogP contribution in [0, 0.1) is 0 Å². The molecule has 0 radical (unpaired) electrons. The fourth-order valence-corrected chi connectivity index (χ4v) is 3.48. The minimum atomic E-state index is -0.270. The molecule has 0 fully saturated rings. The summed E-state index contributed by atoms with van der Waals surface area (Å²) in [7, 11) is 0. The number of nitrogens with one attached hydrogen (secondary N) is 2. The van der Waals surface area contributed by atoms with E-state index in [0.29, 0.717) is 17.1 Å². The van der Waals surface area contributed by atoms with Crippen molar-refractivity contribution in [2.24, 2.45) is 0 Å². The van der Waals surface area contributed by atoms with Gasteiger partial charge in [-0.2, -0.15) is 0 Å². The second-order valence-corrected chi connectivity index (χ2v) is 7.64. The molecule has 2 N–H and O–H groups in total. The number of benzene rings is 2. The number of hydrogen-bond donors (Lipinski definition) is 2. The van der Waals surface area contributed by atoms with Crippen LogP contribution in [-0.2, 0) is 4.79 Å². The molecule has 2 amide bonds. The molecule has 3 rings (SSSR count). The van der Waals surface area contributed by atoms with Crippen LogP contribution in [-0.4, -0.2) is 33.6 Å². The number of carbonyl (C=O) groups excluding carboxylic acids is 2. The maximum Gasteiger partial charge on any atom is 0.256 e. The molecule has 148 valence electrons. The van der Waals surface area contributed by atoms with E-state index in [1.165, 1.54) is 11.8 Å². The van der Waals surface area contributed by atoms with Gasteiger partial charge in [0, 0.05) is 16.5 Å². The monoisotopic (exact) mass is 406 g/mol. The SMILES string of the molecule is CC(C)NC(=O)CSc1ccccc1C(=O)Nc1cnc(-c2ccccc2)nc1. The Hall–Kier alpha value is -3.19. The van der Waals surface area contributed by atoms with E-state index in [9.17, 15) is 9.59 Å². The predicted molar refractivity (Wildman–Crippen MR) is 116 cm³/mol. The van der Waals surface area contributed by atoms with Crippen molar-refractivity contribution in [1.82, 2.24) is 15.3 Å². The van der Waals surface area contributed by atoms with E-state index < -0.39 is 0 Å². The van der Waals surface area contributed by atoms with Crippen LogP contribution in [0.15, 0.2) is 71.9 Å². The summed E-state index contributed by atoms with van der Waals surface area (Å²) in [5, 5.41) is 5.66. The predicted octanol–water partition coefficient (Wildman–Crippen LogP) is 4.01. The van der Waals surface area contributed by atoms with Crippen LogP contribution in [0.3, 0.4) is 0 Å². The number of aromatic nitrogens is 2. The minimum Gasteiger partial charge on any atom is -0.353 e. The Kier molecular flexibility index (Phi) is 6.97. The number of anilines is 1. The smallest absolute Gasteiger partial charge is 0.256 e. The lowest BCUT2D eigenvalue weighted by Crippen LogP contribution is -2.31. The molecule has 0 aliphatic carbocycles. The van der Waals surface area contributed by atoms with E-state index >= 15 is 0 Å². The maximum atomic E-state index is 12.7. The van der Waals surface area contributed by atoms with Gasteiger partial charge in [-0.05, 0) is 26.0 Å². The Morgan fingerprint density at radius 2 is 1.62 bits per heavy atom. The number of carbonyl (C=O) groups is 2. The highest BCUT2D eigenvalue weighted by Crippen LogP contribution is 2.23. The topological polar surface area (TPSA) is 84.0 Å². The summed E-state index contributed by atoms with van der Waals surface area (Å²) in [5.41, 5.74) is 1.92. The lowest BCUT2D eigenvalue weighted by Gasteiger charge is -2.11. The molecule has 6 nitrogen and oxygen atoms in total. The van der Waals surface area contributed by atoms with Gasteiger partial charge in [0.25, 0.3) is 5.91 Å². The summed E-state index contributed by atoms with van der Waals surface area (Å²) in [6, 6.07) is 16.9. The van der Waals surface area contributed by atoms with Crippen LogP contribution in [0.5, 0.6) is 0 Å². The molecule has 7 heteroatoms. The summed E-state index contributed by atoms with van der Waals surface area (Å²) in [6.45, 7) is 3.82. The molecule has 1 heterocycles. The normalized spacial score (nSPS) is 10.6. The zero-order valence-electron chi connectivity index (χ0n) is 16.3. The van der Waals surface area contributed by atoms with E-state index in [-0.39, 0.29) is 23.6 Å². The highest BCUT2D eigenvalue weighted by Gasteiger charge is 2.14. The van der Waals surface area contributed by atoms with E-state index in [1.807, 2.05) is 56.3 Å². The molecule has 3 aromatic rings. The quantitative estimate of drug-likeness (QED) is 0.579. The van der Waals surface area contributed by atoms with Gasteiger partial charge in [-0.15, -0.1) is 11.8 Å². The molecule has 0 aliphatic heterocycles. The number of thioether (sulfide) groups is 1. The summed E-state index contributed by atoms with van der Waals surface area (Å²) < 4.78 is 0. The van der Waals surface area contributed by atoms with Gasteiger partial charge < -0.3 is 10.6 Å². The van der Waals surface area contributed by atoms with Crippen molar-refractivity contribution in [1.29, 1.82) is 0 Å². The Bertz CT molecular complexity index is 976. The van der Waals surface area contributed by atoms with Crippen LogP contribution in [0.2, 0.25) is 0 Å². The first-order valence-corrected chi connectivity index (χ1v) is 10.2. The van der Waals surface area contributed by atoms with E-state index in [0.717, 1.165) is 10.5 Å². The fourth-order valence-electron chi connectivity index (χ4n) is 2.61. The van der Waals surface area contributed by atoms with Crippen LogP contribution in [0.1, 0.15) is 24.2 Å². The molecule has 0 unspecified atom stereocenters. The molecule has 0 saturated carbocycles. The summed E-state index contributed by atoms with van der Waals surface area (Å²) >= 11 is 1.33. The van der Waals surface area contributed by atoms with E-state index in [2.05, 4.69) is 20.6 Å². The molecule has 0 saturated heterocycles. The first kappa shape index (κ1) is 20.5. The number of hydrogen-bond acceptors (Lipinski definition) is 5.